The van der Waals surface area contributed by atoms with Crippen LogP contribution in [0.4, 0.5) is 0 Å². The van der Waals surface area contributed by atoms with Gasteiger partial charge in [0.2, 0.25) is 0 Å². The zero-order valence-electron chi connectivity index (χ0n) is 12.1. The zero-order chi connectivity index (χ0) is 16.7. The molecule has 1 amide bonds. The standard InChI is InChI=1S/C12H15N3O7.Na/c16-7(8(17)9(18)10(19)12(21)22)5-14-15-11(20)6-1-3-13-4-2-6;/h1-5,7-10,16-19H,(H,15,20)(H,21,22);/q;+1/p-1/b14-5+;. The number of hydrazone groups is 1. The van der Waals surface area contributed by atoms with Crippen molar-refractivity contribution in [1.29, 1.82) is 0 Å². The normalized spacial score (nSPS) is 16.0. The number of nitrogens with zero attached hydrogens (tertiary/aromatic N) is 2. The minimum absolute atomic E-state index is 0. The first-order chi connectivity index (χ1) is 10.3. The van der Waals surface area contributed by atoms with Crippen LogP contribution in [0.25, 0.3) is 0 Å². The fourth-order valence-electron chi connectivity index (χ4n) is 1.36. The van der Waals surface area contributed by atoms with E-state index >= 15 is 0 Å². The second-order valence-electron chi connectivity index (χ2n) is 4.19. The molecule has 4 unspecified atom stereocenters. The van der Waals surface area contributed by atoms with Gasteiger partial charge in [-0.25, -0.2) is 5.43 Å². The summed E-state index contributed by atoms with van der Waals surface area (Å²) in [6, 6.07) is 2.83. The summed E-state index contributed by atoms with van der Waals surface area (Å²) in [5.74, 6) is -2.63. The van der Waals surface area contributed by atoms with Crippen LogP contribution >= 0.6 is 0 Å². The van der Waals surface area contributed by atoms with E-state index in [1.54, 1.807) is 0 Å². The number of carbonyl (C=O) groups excluding carboxylic acids is 2. The van der Waals surface area contributed by atoms with Crippen molar-refractivity contribution in [2.45, 2.75) is 24.4 Å². The van der Waals surface area contributed by atoms with Crippen LogP contribution < -0.4 is 40.1 Å². The molecule has 0 aliphatic rings. The molecule has 0 saturated carbocycles. The number of aliphatic carboxylic acids is 1. The summed E-state index contributed by atoms with van der Waals surface area (Å²) < 4.78 is 0. The van der Waals surface area contributed by atoms with Crippen molar-refractivity contribution in [1.82, 2.24) is 10.4 Å². The van der Waals surface area contributed by atoms with Crippen LogP contribution in [0.5, 0.6) is 0 Å². The maximum Gasteiger partial charge on any atom is 1.00 e. The van der Waals surface area contributed by atoms with Crippen LogP contribution in [0.1, 0.15) is 10.4 Å². The van der Waals surface area contributed by atoms with Crippen molar-refractivity contribution >= 4 is 18.1 Å². The molecule has 0 saturated heterocycles. The van der Waals surface area contributed by atoms with Crippen LogP contribution in [-0.2, 0) is 4.79 Å². The van der Waals surface area contributed by atoms with Gasteiger partial charge in [0.1, 0.15) is 24.4 Å². The predicted molar refractivity (Wildman–Crippen MR) is 69.2 cm³/mol. The molecule has 1 aromatic heterocycles. The Balaban J connectivity index is 0.00000484. The summed E-state index contributed by atoms with van der Waals surface area (Å²) in [5, 5.41) is 50.8. The number of rotatable bonds is 7. The van der Waals surface area contributed by atoms with Gasteiger partial charge in [0, 0.05) is 18.0 Å². The van der Waals surface area contributed by atoms with Gasteiger partial charge in [0.05, 0.1) is 12.2 Å². The van der Waals surface area contributed by atoms with E-state index in [2.05, 4.69) is 10.1 Å². The molecular weight excluding hydrogens is 321 g/mol. The van der Waals surface area contributed by atoms with Crippen LogP contribution in [0.15, 0.2) is 29.6 Å². The molecule has 23 heavy (non-hydrogen) atoms. The molecule has 10 nitrogen and oxygen atoms in total. The maximum atomic E-state index is 11.6. The van der Waals surface area contributed by atoms with Gasteiger partial charge in [-0.05, 0) is 12.1 Å². The number of carboxylic acids is 1. The molecule has 0 aliphatic carbocycles. The molecule has 0 aromatic carbocycles. The number of carbonyl (C=O) groups is 2. The topological polar surface area (TPSA) is 175 Å². The van der Waals surface area contributed by atoms with Gasteiger partial charge in [-0.1, -0.05) is 0 Å². The first kappa shape index (κ1) is 21.6. The number of hydrogen-bond acceptors (Lipinski definition) is 9. The molecule has 1 aromatic rings. The van der Waals surface area contributed by atoms with Crippen molar-refractivity contribution in [3.63, 3.8) is 0 Å². The van der Waals surface area contributed by atoms with E-state index in [0.29, 0.717) is 6.21 Å². The van der Waals surface area contributed by atoms with E-state index in [1.165, 1.54) is 24.5 Å². The SMILES string of the molecule is O=C(N/N=C/C(O)C(O)C(O)C(O)C(=O)[O-])c1ccncc1.[Na+]. The number of aliphatic hydroxyl groups excluding tert-OH is 4. The summed E-state index contributed by atoms with van der Waals surface area (Å²) in [6.45, 7) is 0. The molecule has 120 valence electrons. The number of amides is 1. The van der Waals surface area contributed by atoms with Crippen molar-refractivity contribution in [2.75, 3.05) is 0 Å². The van der Waals surface area contributed by atoms with Gasteiger partial charge in [0.25, 0.3) is 5.91 Å². The molecule has 4 atom stereocenters. The summed E-state index contributed by atoms with van der Waals surface area (Å²) in [4.78, 5) is 25.6. The molecule has 1 rings (SSSR count). The Morgan fingerprint density at radius 2 is 1.74 bits per heavy atom. The van der Waals surface area contributed by atoms with E-state index in [9.17, 15) is 30.0 Å². The van der Waals surface area contributed by atoms with Gasteiger partial charge in [0.15, 0.2) is 0 Å². The smallest absolute Gasteiger partial charge is 0.547 e. The maximum absolute atomic E-state index is 11.6. The molecule has 0 bridgehead atoms. The fraction of sp³-hybridized carbons (Fsp3) is 0.333. The molecule has 1 heterocycles. The van der Waals surface area contributed by atoms with Gasteiger partial charge in [-0.2, -0.15) is 5.10 Å². The van der Waals surface area contributed by atoms with Crippen molar-refractivity contribution < 1.29 is 64.7 Å². The van der Waals surface area contributed by atoms with E-state index < -0.39 is 36.3 Å². The first-order valence-electron chi connectivity index (χ1n) is 6.01. The Bertz CT molecular complexity index is 543. The summed E-state index contributed by atoms with van der Waals surface area (Å²) in [5.41, 5.74) is 2.28. The van der Waals surface area contributed by atoms with Crippen LogP contribution in [-0.4, -0.2) is 67.9 Å². The molecule has 11 heteroatoms. The van der Waals surface area contributed by atoms with Gasteiger partial charge in [-0.3, -0.25) is 9.78 Å². The number of hydrogen-bond donors (Lipinski definition) is 5. The Hall–Kier alpha value is -1.40. The van der Waals surface area contributed by atoms with Gasteiger partial charge in [-0.15, -0.1) is 0 Å². The number of aromatic nitrogens is 1. The third-order valence-electron chi connectivity index (χ3n) is 2.60. The monoisotopic (exact) mass is 335 g/mol. The van der Waals surface area contributed by atoms with Crippen molar-refractivity contribution in [3.8, 4) is 0 Å². The second kappa shape index (κ2) is 10.4. The molecule has 0 radical (unpaired) electrons. The largest absolute Gasteiger partial charge is 1.00 e. The van der Waals surface area contributed by atoms with E-state index in [1.807, 2.05) is 5.43 Å². The number of pyridine rings is 1. The summed E-state index contributed by atoms with van der Waals surface area (Å²) in [6.07, 6.45) is -5.03. The Labute approximate surface area is 152 Å². The minimum Gasteiger partial charge on any atom is -0.547 e. The molecule has 0 fully saturated rings. The number of aliphatic hydroxyl groups is 4. The van der Waals surface area contributed by atoms with Crippen molar-refractivity contribution in [2.24, 2.45) is 5.10 Å². The number of carboxylic acid groups (broad SMARTS) is 1. The number of nitrogens with one attached hydrogen (secondary N) is 1. The second-order valence-corrected chi connectivity index (χ2v) is 4.19. The van der Waals surface area contributed by atoms with Gasteiger partial charge >= 0.3 is 29.6 Å². The van der Waals surface area contributed by atoms with Gasteiger partial charge < -0.3 is 30.3 Å². The average Bonchev–Trinajstić information content (AvgIpc) is 2.53. The quantitative estimate of drug-likeness (QED) is 0.185. The fourth-order valence-corrected chi connectivity index (χ4v) is 1.36. The molecule has 5 N–H and O–H groups in total. The zero-order valence-corrected chi connectivity index (χ0v) is 14.1. The Morgan fingerprint density at radius 3 is 2.26 bits per heavy atom. The molecule has 0 spiro atoms. The Morgan fingerprint density at radius 1 is 1.17 bits per heavy atom. The van der Waals surface area contributed by atoms with E-state index in [-0.39, 0.29) is 35.1 Å². The molecular formula is C12H14N3NaO7. The van der Waals surface area contributed by atoms with Crippen LogP contribution in [0, 0.1) is 0 Å². The summed E-state index contributed by atoms with van der Waals surface area (Å²) in [7, 11) is 0. The summed E-state index contributed by atoms with van der Waals surface area (Å²) >= 11 is 0. The first-order valence-corrected chi connectivity index (χ1v) is 6.01. The van der Waals surface area contributed by atoms with Crippen LogP contribution in [0.2, 0.25) is 0 Å². The Kier molecular flexibility index (Phi) is 9.76. The third-order valence-corrected chi connectivity index (χ3v) is 2.60. The van der Waals surface area contributed by atoms with E-state index in [4.69, 9.17) is 5.11 Å². The van der Waals surface area contributed by atoms with Crippen molar-refractivity contribution in [3.05, 3.63) is 30.1 Å². The minimum atomic E-state index is -2.38. The molecule has 0 aliphatic heterocycles. The van der Waals surface area contributed by atoms with Crippen LogP contribution in [0.3, 0.4) is 0 Å². The van der Waals surface area contributed by atoms with E-state index in [0.717, 1.165) is 0 Å². The third kappa shape index (κ3) is 6.71. The predicted octanol–water partition coefficient (Wildman–Crippen LogP) is -7.01. The average molecular weight is 335 g/mol.